The van der Waals surface area contributed by atoms with E-state index in [9.17, 15) is 9.59 Å². The fourth-order valence-corrected chi connectivity index (χ4v) is 2.88. The summed E-state index contributed by atoms with van der Waals surface area (Å²) in [5.41, 5.74) is 7.20. The molecule has 5 N–H and O–H groups in total. The third kappa shape index (κ3) is 2.69. The molecule has 6 nitrogen and oxygen atoms in total. The van der Waals surface area contributed by atoms with Crippen LogP contribution in [0.15, 0.2) is 30.5 Å². The van der Waals surface area contributed by atoms with Gasteiger partial charge in [0.1, 0.15) is 12.1 Å². The maximum atomic E-state index is 12.4. The number of nitrogens with two attached hydrogens (primary N) is 1. The molecule has 22 heavy (non-hydrogen) atoms. The van der Waals surface area contributed by atoms with Gasteiger partial charge in [0.25, 0.3) is 0 Å². The van der Waals surface area contributed by atoms with Gasteiger partial charge in [0.15, 0.2) is 0 Å². The molecule has 1 aliphatic heterocycles. The minimum absolute atomic E-state index is 0.132. The maximum Gasteiger partial charge on any atom is 0.247 e. The molecule has 2 heterocycles. The van der Waals surface area contributed by atoms with Gasteiger partial charge in [-0.05, 0) is 31.9 Å². The Hall–Kier alpha value is -2.34. The number of piperazine rings is 1. The summed E-state index contributed by atoms with van der Waals surface area (Å²) >= 11 is 0. The van der Waals surface area contributed by atoms with E-state index in [1.54, 1.807) is 6.20 Å². The van der Waals surface area contributed by atoms with Gasteiger partial charge in [0.2, 0.25) is 11.8 Å². The van der Waals surface area contributed by atoms with E-state index in [0.29, 0.717) is 13.0 Å². The molecule has 2 atom stereocenters. The van der Waals surface area contributed by atoms with Gasteiger partial charge in [0, 0.05) is 22.7 Å². The quantitative estimate of drug-likeness (QED) is 0.619. The SMILES string of the molecule is NCCCC[C@@H]1NC(=O)[C@H](c2c[nH]c3ccccc23)NC1=O. The lowest BCUT2D eigenvalue weighted by molar-refractivity contribution is -0.137. The lowest BCUT2D eigenvalue weighted by atomic mass is 9.99. The molecule has 3 rings (SSSR count). The van der Waals surface area contributed by atoms with Crippen LogP contribution in [0, 0.1) is 0 Å². The summed E-state index contributed by atoms with van der Waals surface area (Å²) in [4.78, 5) is 27.7. The number of fused-ring (bicyclic) bond motifs is 1. The number of benzene rings is 1. The van der Waals surface area contributed by atoms with Crippen LogP contribution in [0.2, 0.25) is 0 Å². The molecule has 1 saturated heterocycles. The Kier molecular flexibility index (Phi) is 4.11. The molecule has 1 aromatic heterocycles. The molecule has 0 spiro atoms. The molecule has 2 aromatic rings. The van der Waals surface area contributed by atoms with Gasteiger partial charge in [-0.2, -0.15) is 0 Å². The van der Waals surface area contributed by atoms with Crippen LogP contribution >= 0.6 is 0 Å². The fourth-order valence-electron chi connectivity index (χ4n) is 2.88. The fraction of sp³-hybridized carbons (Fsp3) is 0.375. The van der Waals surface area contributed by atoms with Crippen molar-refractivity contribution in [2.24, 2.45) is 5.73 Å². The summed E-state index contributed by atoms with van der Waals surface area (Å²) in [5.74, 6) is -0.297. The Morgan fingerprint density at radius 2 is 1.86 bits per heavy atom. The number of hydrogen-bond donors (Lipinski definition) is 4. The lowest BCUT2D eigenvalue weighted by Gasteiger charge is -2.29. The summed E-state index contributed by atoms with van der Waals surface area (Å²) in [6.45, 7) is 0.597. The van der Waals surface area contributed by atoms with Crippen molar-refractivity contribution in [3.63, 3.8) is 0 Å². The van der Waals surface area contributed by atoms with Gasteiger partial charge in [-0.15, -0.1) is 0 Å². The number of aromatic nitrogens is 1. The summed E-state index contributed by atoms with van der Waals surface area (Å²) in [5, 5.41) is 6.61. The highest BCUT2D eigenvalue weighted by atomic mass is 16.2. The zero-order valence-corrected chi connectivity index (χ0v) is 12.3. The van der Waals surface area contributed by atoms with Crippen molar-refractivity contribution in [1.29, 1.82) is 0 Å². The molecule has 2 amide bonds. The zero-order valence-electron chi connectivity index (χ0n) is 12.3. The molecule has 1 aliphatic rings. The first-order valence-electron chi connectivity index (χ1n) is 7.57. The Morgan fingerprint density at radius 3 is 2.68 bits per heavy atom. The van der Waals surface area contributed by atoms with Gasteiger partial charge < -0.3 is 21.4 Å². The molecule has 0 unspecified atom stereocenters. The molecule has 116 valence electrons. The zero-order chi connectivity index (χ0) is 15.5. The first kappa shape index (κ1) is 14.6. The van der Waals surface area contributed by atoms with E-state index in [0.717, 1.165) is 29.3 Å². The standard InChI is InChI=1S/C16H20N4O2/c17-8-4-3-7-13-15(21)20-14(16(22)19-13)11-9-18-12-6-2-1-5-10(11)12/h1-2,5-6,9,13-14,18H,3-4,7-8,17H2,(H,19,22)(H,20,21)/t13-,14-/m0/s1. The van der Waals surface area contributed by atoms with Gasteiger partial charge in [-0.25, -0.2) is 0 Å². The van der Waals surface area contributed by atoms with Gasteiger partial charge in [0.05, 0.1) is 0 Å². The molecular weight excluding hydrogens is 280 g/mol. The van der Waals surface area contributed by atoms with Crippen molar-refractivity contribution >= 4 is 22.7 Å². The van der Waals surface area contributed by atoms with E-state index in [2.05, 4.69) is 15.6 Å². The molecule has 0 bridgehead atoms. The van der Waals surface area contributed by atoms with Crippen molar-refractivity contribution in [2.75, 3.05) is 6.54 Å². The number of rotatable bonds is 5. The van der Waals surface area contributed by atoms with Crippen molar-refractivity contribution < 1.29 is 9.59 Å². The lowest BCUT2D eigenvalue weighted by Crippen LogP contribution is -2.57. The van der Waals surface area contributed by atoms with Crippen molar-refractivity contribution in [2.45, 2.75) is 31.3 Å². The van der Waals surface area contributed by atoms with Crippen LogP contribution in [0.1, 0.15) is 30.9 Å². The third-order valence-electron chi connectivity index (χ3n) is 4.06. The Labute approximate surface area is 128 Å². The van der Waals surface area contributed by atoms with E-state index >= 15 is 0 Å². The van der Waals surface area contributed by atoms with E-state index in [1.807, 2.05) is 24.3 Å². The molecule has 0 radical (unpaired) electrons. The number of H-pyrrole nitrogens is 1. The summed E-state index contributed by atoms with van der Waals surface area (Å²) in [6.07, 6.45) is 4.08. The summed E-state index contributed by atoms with van der Waals surface area (Å²) < 4.78 is 0. The number of carbonyl (C=O) groups is 2. The third-order valence-corrected chi connectivity index (χ3v) is 4.06. The van der Waals surface area contributed by atoms with Gasteiger partial charge >= 0.3 is 0 Å². The highest BCUT2D eigenvalue weighted by molar-refractivity contribution is 6.00. The van der Waals surface area contributed by atoms with Crippen molar-refractivity contribution in [3.8, 4) is 0 Å². The molecular formula is C16H20N4O2. The Morgan fingerprint density at radius 1 is 1.05 bits per heavy atom. The number of carbonyl (C=O) groups excluding carboxylic acids is 2. The first-order valence-corrected chi connectivity index (χ1v) is 7.57. The van der Waals surface area contributed by atoms with Gasteiger partial charge in [-0.3, -0.25) is 9.59 Å². The van der Waals surface area contributed by atoms with Crippen LogP contribution in [0.25, 0.3) is 10.9 Å². The van der Waals surface area contributed by atoms with Crippen LogP contribution in [0.4, 0.5) is 0 Å². The number of para-hydroxylation sites is 1. The van der Waals surface area contributed by atoms with Crippen LogP contribution in [-0.2, 0) is 9.59 Å². The molecule has 6 heteroatoms. The first-order chi connectivity index (χ1) is 10.7. The van der Waals surface area contributed by atoms with Crippen LogP contribution < -0.4 is 16.4 Å². The Balaban J connectivity index is 1.77. The van der Waals surface area contributed by atoms with E-state index in [1.165, 1.54) is 0 Å². The minimum atomic E-state index is -0.644. The number of aromatic amines is 1. The average molecular weight is 300 g/mol. The second kappa shape index (κ2) is 6.19. The van der Waals surface area contributed by atoms with E-state index in [4.69, 9.17) is 5.73 Å². The predicted octanol–water partition coefficient (Wildman–Crippen LogP) is 0.953. The van der Waals surface area contributed by atoms with Crippen LogP contribution in [0.5, 0.6) is 0 Å². The minimum Gasteiger partial charge on any atom is -0.361 e. The molecule has 0 saturated carbocycles. The average Bonchev–Trinajstić information content (AvgIpc) is 2.94. The molecule has 1 fully saturated rings. The second-order valence-electron chi connectivity index (χ2n) is 5.58. The number of nitrogens with one attached hydrogen (secondary N) is 3. The predicted molar refractivity (Wildman–Crippen MR) is 84.0 cm³/mol. The molecule has 0 aliphatic carbocycles. The summed E-state index contributed by atoms with van der Waals surface area (Å²) in [6, 6.07) is 6.62. The summed E-state index contributed by atoms with van der Waals surface area (Å²) in [7, 11) is 0. The van der Waals surface area contributed by atoms with Crippen LogP contribution in [0.3, 0.4) is 0 Å². The smallest absolute Gasteiger partial charge is 0.247 e. The number of amides is 2. The second-order valence-corrected chi connectivity index (χ2v) is 5.58. The number of hydrogen-bond acceptors (Lipinski definition) is 3. The van der Waals surface area contributed by atoms with Gasteiger partial charge in [-0.1, -0.05) is 18.2 Å². The highest BCUT2D eigenvalue weighted by Crippen LogP contribution is 2.26. The monoisotopic (exact) mass is 300 g/mol. The topological polar surface area (TPSA) is 100 Å². The number of unbranched alkanes of at least 4 members (excludes halogenated alkanes) is 1. The van der Waals surface area contributed by atoms with Crippen molar-refractivity contribution in [1.82, 2.24) is 15.6 Å². The van der Waals surface area contributed by atoms with Crippen molar-refractivity contribution in [3.05, 3.63) is 36.0 Å². The normalized spacial score (nSPS) is 21.7. The van der Waals surface area contributed by atoms with E-state index < -0.39 is 12.1 Å². The largest absolute Gasteiger partial charge is 0.361 e. The maximum absolute atomic E-state index is 12.4. The van der Waals surface area contributed by atoms with Crippen LogP contribution in [-0.4, -0.2) is 29.4 Å². The Bertz CT molecular complexity index is 694. The van der Waals surface area contributed by atoms with E-state index in [-0.39, 0.29) is 11.8 Å². The molecule has 1 aromatic carbocycles. The highest BCUT2D eigenvalue weighted by Gasteiger charge is 2.35.